The second-order valence-corrected chi connectivity index (χ2v) is 6.82. The molecule has 0 unspecified atom stereocenters. The summed E-state index contributed by atoms with van der Waals surface area (Å²) in [6.07, 6.45) is 1.93. The fourth-order valence-electron chi connectivity index (χ4n) is 3.45. The predicted molar refractivity (Wildman–Crippen MR) is 107 cm³/mol. The van der Waals surface area contributed by atoms with E-state index in [0.29, 0.717) is 6.61 Å². The van der Waals surface area contributed by atoms with Crippen molar-refractivity contribution < 1.29 is 22.3 Å². The van der Waals surface area contributed by atoms with Gasteiger partial charge in [0.25, 0.3) is 0 Å². The van der Waals surface area contributed by atoms with Crippen LogP contribution in [0.1, 0.15) is 12.8 Å². The highest BCUT2D eigenvalue weighted by Crippen LogP contribution is 2.29. The second-order valence-electron chi connectivity index (χ2n) is 6.82. The van der Waals surface area contributed by atoms with E-state index in [1.165, 1.54) is 5.56 Å². The van der Waals surface area contributed by atoms with Crippen LogP contribution in [0.2, 0.25) is 0 Å². The first-order valence-corrected chi connectivity index (χ1v) is 9.69. The number of nitrogens with zero attached hydrogens (tertiary/aromatic N) is 2. The Bertz CT molecular complexity index is 646. The molecular formula is C22H30ClN2O2-. The summed E-state index contributed by atoms with van der Waals surface area (Å²) in [7, 11) is 0. The van der Waals surface area contributed by atoms with Gasteiger partial charge in [-0.25, -0.2) is 0 Å². The maximum atomic E-state index is 8.93. The second kappa shape index (κ2) is 12.0. The molecule has 1 heterocycles. The smallest absolute Gasteiger partial charge is 0.127 e. The summed E-state index contributed by atoms with van der Waals surface area (Å²) in [6.45, 7) is 7.59. The molecule has 3 rings (SSSR count). The summed E-state index contributed by atoms with van der Waals surface area (Å²) >= 11 is 0. The fourth-order valence-corrected chi connectivity index (χ4v) is 3.45. The Morgan fingerprint density at radius 3 is 2.04 bits per heavy atom. The van der Waals surface area contributed by atoms with Crippen molar-refractivity contribution in [3.05, 3.63) is 54.6 Å². The van der Waals surface area contributed by atoms with E-state index in [0.717, 1.165) is 70.0 Å². The molecule has 5 heteroatoms. The van der Waals surface area contributed by atoms with Crippen molar-refractivity contribution in [1.82, 2.24) is 9.80 Å². The summed E-state index contributed by atoms with van der Waals surface area (Å²) in [5.74, 6) is 0.965. The van der Waals surface area contributed by atoms with Crippen LogP contribution in [-0.2, 0) is 0 Å². The lowest BCUT2D eigenvalue weighted by molar-refractivity contribution is -0.00000684. The minimum absolute atomic E-state index is 0. The first kappa shape index (κ1) is 21.7. The van der Waals surface area contributed by atoms with E-state index in [1.807, 2.05) is 12.1 Å². The Labute approximate surface area is 169 Å². The van der Waals surface area contributed by atoms with Gasteiger partial charge in [0.1, 0.15) is 5.75 Å². The van der Waals surface area contributed by atoms with E-state index in [2.05, 4.69) is 52.3 Å². The first-order valence-electron chi connectivity index (χ1n) is 9.69. The lowest BCUT2D eigenvalue weighted by Gasteiger charge is -2.34. The quantitative estimate of drug-likeness (QED) is 0.618. The number of para-hydroxylation sites is 1. The molecule has 2 aromatic carbocycles. The van der Waals surface area contributed by atoms with Crippen LogP contribution < -0.4 is 17.1 Å². The highest BCUT2D eigenvalue weighted by molar-refractivity contribution is 5.70. The molecule has 1 saturated heterocycles. The van der Waals surface area contributed by atoms with Gasteiger partial charge in [0, 0.05) is 51.4 Å². The molecule has 0 bridgehead atoms. The number of aliphatic hydroxyl groups is 1. The van der Waals surface area contributed by atoms with E-state index in [1.54, 1.807) is 0 Å². The van der Waals surface area contributed by atoms with Crippen molar-refractivity contribution >= 4 is 0 Å². The van der Waals surface area contributed by atoms with Crippen LogP contribution in [0.4, 0.5) is 0 Å². The average Bonchev–Trinajstić information content (AvgIpc) is 2.71. The molecule has 0 radical (unpaired) electrons. The molecule has 27 heavy (non-hydrogen) atoms. The maximum absolute atomic E-state index is 8.93. The van der Waals surface area contributed by atoms with E-state index >= 15 is 0 Å². The molecule has 1 aliphatic heterocycles. The molecule has 1 fully saturated rings. The number of rotatable bonds is 9. The lowest BCUT2D eigenvalue weighted by atomic mass is 10.1. The first-order chi connectivity index (χ1) is 12.9. The number of hydrogen-bond acceptors (Lipinski definition) is 4. The van der Waals surface area contributed by atoms with Gasteiger partial charge < -0.3 is 32.1 Å². The summed E-state index contributed by atoms with van der Waals surface area (Å²) in [4.78, 5) is 4.96. The third-order valence-corrected chi connectivity index (χ3v) is 4.95. The summed E-state index contributed by atoms with van der Waals surface area (Å²) in [6, 6.07) is 18.7. The Balaban J connectivity index is 0.00000261. The minimum Gasteiger partial charge on any atom is -1.00 e. The standard InChI is InChI=1S/C22H30N2O2.ClH/c25-18-6-12-23-14-16-24(17-15-23)13-7-19-26-22-11-5-4-10-21(22)20-8-2-1-3-9-20;/h1-5,8-11,25H,6-7,12-19H2;1H/p-1. The van der Waals surface area contributed by atoms with Crippen molar-refractivity contribution in [2.24, 2.45) is 0 Å². The number of benzene rings is 2. The van der Waals surface area contributed by atoms with E-state index in [4.69, 9.17) is 9.84 Å². The number of piperazine rings is 1. The van der Waals surface area contributed by atoms with E-state index in [-0.39, 0.29) is 12.4 Å². The molecular weight excluding hydrogens is 360 g/mol. The van der Waals surface area contributed by atoms with Crippen LogP contribution >= 0.6 is 0 Å². The SMILES string of the molecule is OCCCN1CCN(CCCOc2ccccc2-c2ccccc2)CC1.[Cl-]. The largest absolute Gasteiger partial charge is 1.00 e. The van der Waals surface area contributed by atoms with Crippen LogP contribution in [0.5, 0.6) is 5.75 Å². The molecule has 148 valence electrons. The molecule has 2 aromatic rings. The monoisotopic (exact) mass is 389 g/mol. The summed E-state index contributed by atoms with van der Waals surface area (Å²) in [5.41, 5.74) is 2.35. The van der Waals surface area contributed by atoms with Crippen LogP contribution in [0.3, 0.4) is 0 Å². The van der Waals surface area contributed by atoms with Gasteiger partial charge in [-0.2, -0.15) is 0 Å². The highest BCUT2D eigenvalue weighted by atomic mass is 35.5. The van der Waals surface area contributed by atoms with Gasteiger partial charge in [-0.3, -0.25) is 0 Å². The van der Waals surface area contributed by atoms with E-state index < -0.39 is 0 Å². The summed E-state index contributed by atoms with van der Waals surface area (Å²) in [5, 5.41) is 8.93. The van der Waals surface area contributed by atoms with Crippen LogP contribution in [0, 0.1) is 0 Å². The Hall–Kier alpha value is -1.59. The molecule has 0 amide bonds. The normalized spacial score (nSPS) is 15.3. The number of aliphatic hydroxyl groups excluding tert-OH is 1. The average molecular weight is 390 g/mol. The van der Waals surface area contributed by atoms with Crippen molar-refractivity contribution in [2.45, 2.75) is 12.8 Å². The lowest BCUT2D eigenvalue weighted by Crippen LogP contribution is -3.00. The zero-order chi connectivity index (χ0) is 18.0. The van der Waals surface area contributed by atoms with Crippen molar-refractivity contribution in [1.29, 1.82) is 0 Å². The molecule has 0 aliphatic carbocycles. The molecule has 0 saturated carbocycles. The topological polar surface area (TPSA) is 35.9 Å². The molecule has 0 aromatic heterocycles. The predicted octanol–water partition coefficient (Wildman–Crippen LogP) is 0.127. The molecule has 1 N–H and O–H groups in total. The maximum Gasteiger partial charge on any atom is 0.127 e. The van der Waals surface area contributed by atoms with Gasteiger partial charge in [-0.1, -0.05) is 48.5 Å². The summed E-state index contributed by atoms with van der Waals surface area (Å²) < 4.78 is 6.09. The zero-order valence-corrected chi connectivity index (χ0v) is 16.7. The third kappa shape index (κ3) is 6.82. The highest BCUT2D eigenvalue weighted by Gasteiger charge is 2.15. The van der Waals surface area contributed by atoms with Gasteiger partial charge >= 0.3 is 0 Å². The van der Waals surface area contributed by atoms with Gasteiger partial charge in [0.15, 0.2) is 0 Å². The minimum atomic E-state index is 0. The van der Waals surface area contributed by atoms with Crippen molar-refractivity contribution in [3.63, 3.8) is 0 Å². The van der Waals surface area contributed by atoms with Crippen LogP contribution in [-0.4, -0.2) is 67.4 Å². The van der Waals surface area contributed by atoms with Gasteiger partial charge in [0.05, 0.1) is 6.61 Å². The van der Waals surface area contributed by atoms with E-state index in [9.17, 15) is 0 Å². The molecule has 0 spiro atoms. The molecule has 0 atom stereocenters. The van der Waals surface area contributed by atoms with Gasteiger partial charge in [-0.15, -0.1) is 0 Å². The molecule has 1 aliphatic rings. The van der Waals surface area contributed by atoms with Gasteiger partial charge in [0.2, 0.25) is 0 Å². The van der Waals surface area contributed by atoms with Crippen LogP contribution in [0.15, 0.2) is 54.6 Å². The van der Waals surface area contributed by atoms with Gasteiger partial charge in [-0.05, 0) is 24.5 Å². The Morgan fingerprint density at radius 2 is 1.37 bits per heavy atom. The Kier molecular flexibility index (Phi) is 9.64. The zero-order valence-electron chi connectivity index (χ0n) is 15.9. The van der Waals surface area contributed by atoms with Crippen molar-refractivity contribution in [3.8, 4) is 16.9 Å². The van der Waals surface area contributed by atoms with Crippen molar-refractivity contribution in [2.75, 3.05) is 52.5 Å². The third-order valence-electron chi connectivity index (χ3n) is 4.95. The van der Waals surface area contributed by atoms with Crippen LogP contribution in [0.25, 0.3) is 11.1 Å². The number of hydrogen-bond donors (Lipinski definition) is 1. The molecule has 4 nitrogen and oxygen atoms in total. The number of ether oxygens (including phenoxy) is 1. The number of halogens is 1. The fraction of sp³-hybridized carbons (Fsp3) is 0.455. The Morgan fingerprint density at radius 1 is 0.778 bits per heavy atom.